The minimum absolute atomic E-state index is 0.0594. The summed E-state index contributed by atoms with van der Waals surface area (Å²) < 4.78 is 0. The van der Waals surface area contributed by atoms with Crippen LogP contribution in [0, 0.1) is 5.92 Å². The van der Waals surface area contributed by atoms with Gasteiger partial charge in [-0.2, -0.15) is 0 Å². The van der Waals surface area contributed by atoms with Crippen molar-refractivity contribution in [2.75, 3.05) is 0 Å². The number of nitrogens with one attached hydrogen (secondary N) is 2. The molecule has 0 aromatic heterocycles. The Morgan fingerprint density at radius 3 is 2.72 bits per heavy atom. The number of hydrogen-bond donors (Lipinski definition) is 2. The molecule has 0 unspecified atom stereocenters. The van der Waals surface area contributed by atoms with Crippen LogP contribution in [0.4, 0.5) is 0 Å². The first-order valence-electron chi connectivity index (χ1n) is 6.83. The first-order chi connectivity index (χ1) is 8.72. The van der Waals surface area contributed by atoms with Gasteiger partial charge in [-0.3, -0.25) is 4.79 Å². The van der Waals surface area contributed by atoms with Crippen molar-refractivity contribution in [3.05, 3.63) is 35.4 Å². The van der Waals surface area contributed by atoms with Gasteiger partial charge in [-0.05, 0) is 36.3 Å². The summed E-state index contributed by atoms with van der Waals surface area (Å²) in [6, 6.07) is 8.71. The van der Waals surface area contributed by atoms with Crippen LogP contribution in [0.25, 0.3) is 0 Å². The Balaban J connectivity index is 1.60. The van der Waals surface area contributed by atoms with Gasteiger partial charge in [0.1, 0.15) is 0 Å². The molecular formula is C15H20N2O. The number of fused-ring (bicyclic) bond motifs is 1. The molecule has 1 aliphatic carbocycles. The van der Waals surface area contributed by atoms with Crippen molar-refractivity contribution in [1.29, 1.82) is 0 Å². The quantitative estimate of drug-likeness (QED) is 0.830. The maximum Gasteiger partial charge on any atom is 0.237 e. The molecule has 1 aliphatic heterocycles. The van der Waals surface area contributed by atoms with Crippen LogP contribution < -0.4 is 10.6 Å². The fourth-order valence-electron chi connectivity index (χ4n) is 2.96. The Morgan fingerprint density at radius 1 is 1.28 bits per heavy atom. The van der Waals surface area contributed by atoms with Gasteiger partial charge in [0, 0.05) is 12.6 Å². The average Bonchev–Trinajstić information content (AvgIpc) is 2.36. The number of hydrogen-bond acceptors (Lipinski definition) is 2. The van der Waals surface area contributed by atoms with Gasteiger partial charge in [-0.15, -0.1) is 0 Å². The molecule has 3 heteroatoms. The number of carbonyl (C=O) groups is 1. The standard InChI is InChI=1S/C15H20N2O/c1-10-6-13(7-10)17-15(18)14-8-11-4-2-3-5-12(11)9-16-14/h2-5,10,13-14,16H,6-9H2,1H3,(H,17,18)/t10?,13?,14-/m1/s1. The summed E-state index contributed by atoms with van der Waals surface area (Å²) >= 11 is 0. The van der Waals surface area contributed by atoms with Gasteiger partial charge >= 0.3 is 0 Å². The van der Waals surface area contributed by atoms with Gasteiger partial charge in [0.2, 0.25) is 5.91 Å². The molecule has 18 heavy (non-hydrogen) atoms. The largest absolute Gasteiger partial charge is 0.352 e. The van der Waals surface area contributed by atoms with E-state index in [4.69, 9.17) is 0 Å². The molecule has 1 fully saturated rings. The van der Waals surface area contributed by atoms with Crippen LogP contribution in [-0.4, -0.2) is 18.0 Å². The third-order valence-electron chi connectivity index (χ3n) is 4.12. The van der Waals surface area contributed by atoms with E-state index in [0.29, 0.717) is 6.04 Å². The zero-order valence-corrected chi connectivity index (χ0v) is 10.8. The molecule has 0 spiro atoms. The molecule has 1 aromatic carbocycles. The molecule has 1 aromatic rings. The summed E-state index contributed by atoms with van der Waals surface area (Å²) in [6.45, 7) is 3.03. The third-order valence-corrected chi connectivity index (χ3v) is 4.12. The van der Waals surface area contributed by atoms with Gasteiger partial charge in [0.05, 0.1) is 6.04 Å². The van der Waals surface area contributed by atoms with Crippen molar-refractivity contribution < 1.29 is 4.79 Å². The molecule has 0 saturated heterocycles. The minimum Gasteiger partial charge on any atom is -0.352 e. The molecule has 0 bridgehead atoms. The van der Waals surface area contributed by atoms with Crippen LogP contribution in [0.5, 0.6) is 0 Å². The van der Waals surface area contributed by atoms with Gasteiger partial charge in [0.25, 0.3) is 0 Å². The number of amides is 1. The lowest BCUT2D eigenvalue weighted by Crippen LogP contribution is -2.53. The molecule has 1 heterocycles. The van der Waals surface area contributed by atoms with Crippen molar-refractivity contribution in [2.24, 2.45) is 5.92 Å². The van der Waals surface area contributed by atoms with Crippen molar-refractivity contribution >= 4 is 5.91 Å². The van der Waals surface area contributed by atoms with E-state index in [-0.39, 0.29) is 11.9 Å². The van der Waals surface area contributed by atoms with E-state index in [1.54, 1.807) is 0 Å². The Hall–Kier alpha value is -1.35. The molecule has 1 atom stereocenters. The number of rotatable bonds is 2. The van der Waals surface area contributed by atoms with Crippen LogP contribution in [-0.2, 0) is 17.8 Å². The SMILES string of the molecule is CC1CC(NC(=O)[C@H]2Cc3ccccc3CN2)C1. The van der Waals surface area contributed by atoms with Crippen LogP contribution in [0.2, 0.25) is 0 Å². The fourth-order valence-corrected chi connectivity index (χ4v) is 2.96. The maximum absolute atomic E-state index is 12.1. The summed E-state index contributed by atoms with van der Waals surface area (Å²) in [5.41, 5.74) is 2.62. The van der Waals surface area contributed by atoms with Gasteiger partial charge in [-0.1, -0.05) is 31.2 Å². The highest BCUT2D eigenvalue weighted by Crippen LogP contribution is 2.26. The first-order valence-corrected chi connectivity index (χ1v) is 6.83. The molecule has 2 N–H and O–H groups in total. The average molecular weight is 244 g/mol. The highest BCUT2D eigenvalue weighted by atomic mass is 16.2. The predicted molar refractivity (Wildman–Crippen MR) is 71.1 cm³/mol. The lowest BCUT2D eigenvalue weighted by atomic mass is 9.81. The summed E-state index contributed by atoms with van der Waals surface area (Å²) in [5, 5.41) is 6.47. The maximum atomic E-state index is 12.1. The molecule has 3 nitrogen and oxygen atoms in total. The summed E-state index contributed by atoms with van der Waals surface area (Å²) in [4.78, 5) is 12.1. The van der Waals surface area contributed by atoms with Crippen LogP contribution in [0.15, 0.2) is 24.3 Å². The van der Waals surface area contributed by atoms with Gasteiger partial charge < -0.3 is 10.6 Å². The Bertz CT molecular complexity index is 452. The number of carbonyl (C=O) groups excluding carboxylic acids is 1. The Kier molecular flexibility index (Phi) is 3.08. The van der Waals surface area contributed by atoms with E-state index in [2.05, 4.69) is 35.8 Å². The summed E-state index contributed by atoms with van der Waals surface area (Å²) in [7, 11) is 0. The molecule has 1 saturated carbocycles. The normalized spacial score (nSPS) is 30.2. The molecule has 1 amide bonds. The lowest BCUT2D eigenvalue weighted by molar-refractivity contribution is -0.124. The second-order valence-electron chi connectivity index (χ2n) is 5.69. The van der Waals surface area contributed by atoms with E-state index in [1.165, 1.54) is 11.1 Å². The number of benzene rings is 1. The smallest absolute Gasteiger partial charge is 0.237 e. The molecule has 96 valence electrons. The van der Waals surface area contributed by atoms with E-state index < -0.39 is 0 Å². The van der Waals surface area contributed by atoms with Crippen molar-refractivity contribution in [1.82, 2.24) is 10.6 Å². The third kappa shape index (κ3) is 2.27. The zero-order valence-electron chi connectivity index (χ0n) is 10.8. The Labute approximate surface area is 108 Å². The van der Waals surface area contributed by atoms with E-state index >= 15 is 0 Å². The highest BCUT2D eigenvalue weighted by molar-refractivity contribution is 5.82. The van der Waals surface area contributed by atoms with Crippen LogP contribution >= 0.6 is 0 Å². The van der Waals surface area contributed by atoms with E-state index in [0.717, 1.165) is 31.7 Å². The van der Waals surface area contributed by atoms with Gasteiger partial charge in [-0.25, -0.2) is 0 Å². The molecular weight excluding hydrogens is 224 g/mol. The van der Waals surface area contributed by atoms with Crippen LogP contribution in [0.1, 0.15) is 30.9 Å². The van der Waals surface area contributed by atoms with Crippen molar-refractivity contribution in [3.63, 3.8) is 0 Å². The van der Waals surface area contributed by atoms with E-state index in [9.17, 15) is 4.79 Å². The monoisotopic (exact) mass is 244 g/mol. The Morgan fingerprint density at radius 2 is 2.00 bits per heavy atom. The second-order valence-corrected chi connectivity index (χ2v) is 5.69. The fraction of sp³-hybridized carbons (Fsp3) is 0.533. The van der Waals surface area contributed by atoms with Crippen molar-refractivity contribution in [2.45, 2.75) is 44.8 Å². The lowest BCUT2D eigenvalue weighted by Gasteiger charge is -2.35. The predicted octanol–water partition coefficient (Wildman–Crippen LogP) is 1.62. The highest BCUT2D eigenvalue weighted by Gasteiger charge is 2.30. The second kappa shape index (κ2) is 4.73. The minimum atomic E-state index is -0.0594. The van der Waals surface area contributed by atoms with E-state index in [1.807, 2.05) is 6.07 Å². The molecule has 3 rings (SSSR count). The van der Waals surface area contributed by atoms with Gasteiger partial charge in [0.15, 0.2) is 0 Å². The molecule has 0 radical (unpaired) electrons. The zero-order chi connectivity index (χ0) is 12.5. The van der Waals surface area contributed by atoms with Crippen molar-refractivity contribution in [3.8, 4) is 0 Å². The first kappa shape index (κ1) is 11.7. The van der Waals surface area contributed by atoms with Crippen LogP contribution in [0.3, 0.4) is 0 Å². The molecule has 2 aliphatic rings. The summed E-state index contributed by atoms with van der Waals surface area (Å²) in [5.74, 6) is 0.941. The topological polar surface area (TPSA) is 41.1 Å². The summed E-state index contributed by atoms with van der Waals surface area (Å²) in [6.07, 6.45) is 3.08.